The minimum atomic E-state index is -1.14. The lowest BCUT2D eigenvalue weighted by Crippen LogP contribution is -2.39. The number of aryl methyl sites for hydroxylation is 2. The number of aromatic nitrogens is 3. The normalized spacial score (nSPS) is 17.3. The van der Waals surface area contributed by atoms with Gasteiger partial charge in [-0.05, 0) is 100 Å². The van der Waals surface area contributed by atoms with E-state index >= 15 is 0 Å². The van der Waals surface area contributed by atoms with E-state index in [0.29, 0.717) is 11.3 Å². The second-order valence-corrected chi connectivity index (χ2v) is 15.2. The maximum atomic E-state index is 13.4. The van der Waals surface area contributed by atoms with Crippen molar-refractivity contribution < 1.29 is 19.0 Å². The first-order valence-electron chi connectivity index (χ1n) is 17.0. The Hall–Kier alpha value is -4.08. The molecule has 8 nitrogen and oxygen atoms in total. The Morgan fingerprint density at radius 1 is 1.02 bits per heavy atom. The largest absolute Gasteiger partial charge is 0.479 e. The molecule has 0 amide bonds. The van der Waals surface area contributed by atoms with Gasteiger partial charge in [0.15, 0.2) is 6.10 Å². The molecule has 0 unspecified atom stereocenters. The molecule has 0 bridgehead atoms. The van der Waals surface area contributed by atoms with Gasteiger partial charge in [-0.1, -0.05) is 32.0 Å². The van der Waals surface area contributed by atoms with Crippen LogP contribution in [-0.2, 0) is 29.0 Å². The van der Waals surface area contributed by atoms with E-state index in [2.05, 4.69) is 46.9 Å². The number of halogens is 1. The summed E-state index contributed by atoms with van der Waals surface area (Å²) < 4.78 is 21.4. The number of rotatable bonds is 8. The fraction of sp³-hybridized carbons (Fsp3) is 0.462. The maximum Gasteiger partial charge on any atom is 0.337 e. The molecule has 2 aliphatic heterocycles. The monoisotopic (exact) mass is 653 g/mol. The summed E-state index contributed by atoms with van der Waals surface area (Å²) in [6.45, 7) is 18.4. The molecule has 0 spiro atoms. The van der Waals surface area contributed by atoms with Crippen LogP contribution in [0.3, 0.4) is 0 Å². The molecule has 1 saturated heterocycles. The van der Waals surface area contributed by atoms with E-state index in [-0.39, 0.29) is 11.2 Å². The van der Waals surface area contributed by atoms with Crippen LogP contribution in [0.15, 0.2) is 54.9 Å². The molecular formula is C39H48FN5O3. The number of carboxylic acid groups (broad SMARTS) is 1. The van der Waals surface area contributed by atoms with Gasteiger partial charge in [0.25, 0.3) is 0 Å². The number of hydrogen-bond acceptors (Lipinski definition) is 6. The molecule has 254 valence electrons. The summed E-state index contributed by atoms with van der Waals surface area (Å²) in [6, 6.07) is 13.0. The summed E-state index contributed by atoms with van der Waals surface area (Å²) in [5, 5.41) is 15.0. The molecule has 1 fully saturated rings. The molecular weight excluding hydrogens is 605 g/mol. The van der Waals surface area contributed by atoms with Crippen LogP contribution < -0.4 is 4.90 Å². The van der Waals surface area contributed by atoms with Gasteiger partial charge in [0.05, 0.1) is 23.2 Å². The molecule has 0 saturated carbocycles. The minimum absolute atomic E-state index is 0.236. The number of benzene rings is 2. The Balaban J connectivity index is 1.32. The lowest BCUT2D eigenvalue weighted by molar-refractivity contribution is -0.160. The SMILES string of the molecule is Cc1nc(C)c([C@H](OC(C)(C)C)C(=O)O)c(N2CCC(C)(C)CC2)c1-c1ccc2c(c1)CCN(Cc1cnn(-c3ccc(F)cc3)c1)C2. The summed E-state index contributed by atoms with van der Waals surface area (Å²) in [7, 11) is 0. The molecule has 2 aromatic heterocycles. The molecule has 2 aliphatic rings. The number of carboxylic acids is 1. The summed E-state index contributed by atoms with van der Waals surface area (Å²) in [6.07, 6.45) is 5.69. The third-order valence-corrected chi connectivity index (χ3v) is 9.69. The summed E-state index contributed by atoms with van der Waals surface area (Å²) in [5.74, 6) is -1.27. The highest BCUT2D eigenvalue weighted by Gasteiger charge is 2.36. The Morgan fingerprint density at radius 3 is 2.40 bits per heavy atom. The summed E-state index contributed by atoms with van der Waals surface area (Å²) in [4.78, 5) is 22.6. The van der Waals surface area contributed by atoms with Crippen LogP contribution in [-0.4, -0.2) is 56.0 Å². The van der Waals surface area contributed by atoms with Gasteiger partial charge in [-0.2, -0.15) is 5.10 Å². The molecule has 0 radical (unpaired) electrons. The van der Waals surface area contributed by atoms with Crippen LogP contribution in [0.2, 0.25) is 0 Å². The summed E-state index contributed by atoms with van der Waals surface area (Å²) >= 11 is 0. The smallest absolute Gasteiger partial charge is 0.337 e. The quantitative estimate of drug-likeness (QED) is 0.208. The molecule has 9 heteroatoms. The van der Waals surface area contributed by atoms with Crippen molar-refractivity contribution in [1.82, 2.24) is 19.7 Å². The van der Waals surface area contributed by atoms with Crippen molar-refractivity contribution in [2.24, 2.45) is 5.41 Å². The number of ether oxygens (including phenoxy) is 1. The molecule has 48 heavy (non-hydrogen) atoms. The number of fused-ring (bicyclic) bond motifs is 1. The van der Waals surface area contributed by atoms with Gasteiger partial charge in [0, 0.05) is 67.0 Å². The molecule has 1 N–H and O–H groups in total. The van der Waals surface area contributed by atoms with Crippen LogP contribution in [0, 0.1) is 25.1 Å². The molecule has 2 aromatic carbocycles. The van der Waals surface area contributed by atoms with E-state index in [4.69, 9.17) is 9.72 Å². The molecule has 0 aliphatic carbocycles. The molecule has 4 aromatic rings. The topological polar surface area (TPSA) is 83.7 Å². The zero-order valence-corrected chi connectivity index (χ0v) is 29.3. The average Bonchev–Trinajstić information content (AvgIpc) is 3.48. The molecule has 1 atom stereocenters. The van der Waals surface area contributed by atoms with Gasteiger partial charge in [0.1, 0.15) is 5.82 Å². The highest BCUT2D eigenvalue weighted by molar-refractivity contribution is 5.88. The maximum absolute atomic E-state index is 13.4. The second kappa shape index (κ2) is 13.1. The van der Waals surface area contributed by atoms with Crippen LogP contribution in [0.4, 0.5) is 10.1 Å². The number of anilines is 1. The van der Waals surface area contributed by atoms with Crippen molar-refractivity contribution in [1.29, 1.82) is 0 Å². The Bertz CT molecular complexity index is 1800. The van der Waals surface area contributed by atoms with Crippen molar-refractivity contribution in [3.8, 4) is 16.8 Å². The van der Waals surface area contributed by atoms with Crippen molar-refractivity contribution in [2.75, 3.05) is 24.5 Å². The van der Waals surface area contributed by atoms with Crippen LogP contribution >= 0.6 is 0 Å². The van der Waals surface area contributed by atoms with Crippen LogP contribution in [0.25, 0.3) is 16.8 Å². The van der Waals surface area contributed by atoms with Gasteiger partial charge in [-0.15, -0.1) is 0 Å². The lowest BCUT2D eigenvalue weighted by atomic mass is 9.81. The van der Waals surface area contributed by atoms with Gasteiger partial charge in [-0.25, -0.2) is 13.9 Å². The average molecular weight is 654 g/mol. The van der Waals surface area contributed by atoms with E-state index in [1.165, 1.54) is 23.3 Å². The van der Waals surface area contributed by atoms with E-state index < -0.39 is 17.7 Å². The van der Waals surface area contributed by atoms with Gasteiger partial charge in [0.2, 0.25) is 0 Å². The Morgan fingerprint density at radius 2 is 1.73 bits per heavy atom. The van der Waals surface area contributed by atoms with Gasteiger partial charge >= 0.3 is 5.97 Å². The Labute approximate surface area is 283 Å². The van der Waals surface area contributed by atoms with E-state index in [1.54, 1.807) is 16.8 Å². The van der Waals surface area contributed by atoms with E-state index in [9.17, 15) is 14.3 Å². The third-order valence-electron chi connectivity index (χ3n) is 9.69. The number of pyridine rings is 1. The third kappa shape index (κ3) is 7.32. The predicted octanol–water partition coefficient (Wildman–Crippen LogP) is 7.82. The van der Waals surface area contributed by atoms with Gasteiger partial charge in [-0.3, -0.25) is 9.88 Å². The number of carbonyl (C=O) groups is 1. The van der Waals surface area contributed by atoms with Gasteiger partial charge < -0.3 is 14.7 Å². The number of aliphatic carboxylic acids is 1. The Kier molecular flexibility index (Phi) is 9.22. The number of hydrogen-bond donors (Lipinski definition) is 1. The standard InChI is InChI=1S/C39H48FN5O3/c1-25-33(35(44-18-15-39(6,7)16-19-44)34(26(2)42-25)36(37(46)47)48-38(3,4)5)29-8-9-30-24-43(17-14-28(30)20-29)22-27-21-41-45(23-27)32-12-10-31(40)11-13-32/h8-13,20-21,23,36H,14-19,22,24H2,1-7H3,(H,46,47)/t36-/m0/s1. The van der Waals surface area contributed by atoms with Crippen molar-refractivity contribution in [3.63, 3.8) is 0 Å². The first kappa shape index (κ1) is 33.8. The number of nitrogens with zero attached hydrogens (tertiary/aromatic N) is 5. The highest BCUT2D eigenvalue weighted by atomic mass is 19.1. The highest BCUT2D eigenvalue weighted by Crippen LogP contribution is 2.45. The van der Waals surface area contributed by atoms with E-state index in [0.717, 1.165) is 85.7 Å². The zero-order chi connectivity index (χ0) is 34.4. The fourth-order valence-electron chi connectivity index (χ4n) is 7.09. The van der Waals surface area contributed by atoms with E-state index in [1.807, 2.05) is 47.0 Å². The van der Waals surface area contributed by atoms with Crippen LogP contribution in [0.5, 0.6) is 0 Å². The first-order valence-corrected chi connectivity index (χ1v) is 17.0. The summed E-state index contributed by atoms with van der Waals surface area (Å²) in [5.41, 5.74) is 9.36. The van der Waals surface area contributed by atoms with Crippen molar-refractivity contribution in [3.05, 3.63) is 94.3 Å². The lowest BCUT2D eigenvalue weighted by Gasteiger charge is -2.41. The predicted molar refractivity (Wildman–Crippen MR) is 187 cm³/mol. The van der Waals surface area contributed by atoms with Crippen molar-refractivity contribution >= 4 is 11.7 Å². The fourth-order valence-corrected chi connectivity index (χ4v) is 7.09. The van der Waals surface area contributed by atoms with Crippen molar-refractivity contribution in [2.45, 2.75) is 92.5 Å². The second-order valence-electron chi connectivity index (χ2n) is 15.2. The number of piperidine rings is 1. The first-order chi connectivity index (χ1) is 22.7. The van der Waals surface area contributed by atoms with Crippen LogP contribution in [0.1, 0.15) is 87.2 Å². The molecule has 6 rings (SSSR count). The minimum Gasteiger partial charge on any atom is -0.479 e. The zero-order valence-electron chi connectivity index (χ0n) is 29.3. The molecule has 4 heterocycles.